The lowest BCUT2D eigenvalue weighted by Crippen LogP contribution is -2.54. The van der Waals surface area contributed by atoms with Gasteiger partial charge in [-0.3, -0.25) is 9.55 Å². The number of nitrogens with zero attached hydrogens (tertiary/aromatic N) is 8. The van der Waals surface area contributed by atoms with Crippen LogP contribution in [0.1, 0.15) is 12.5 Å². The Morgan fingerprint density at radius 3 is 2.71 bits per heavy atom. The predicted octanol–water partition coefficient (Wildman–Crippen LogP) is 3.96. The number of halogens is 3. The van der Waals surface area contributed by atoms with Crippen LogP contribution in [0.4, 0.5) is 23.8 Å². The Morgan fingerprint density at radius 2 is 2.00 bits per heavy atom. The van der Waals surface area contributed by atoms with E-state index in [9.17, 15) is 23.2 Å². The van der Waals surface area contributed by atoms with Crippen LogP contribution < -0.4 is 4.90 Å². The van der Waals surface area contributed by atoms with E-state index in [1.165, 1.54) is 11.2 Å². The topological polar surface area (TPSA) is 113 Å². The number of carbonyl (C=O) groups is 1. The number of amides is 1. The van der Waals surface area contributed by atoms with Crippen LogP contribution in [0.15, 0.2) is 55.2 Å². The van der Waals surface area contributed by atoms with Crippen molar-refractivity contribution in [3.63, 3.8) is 0 Å². The van der Waals surface area contributed by atoms with Gasteiger partial charge in [0.25, 0.3) is 0 Å². The summed E-state index contributed by atoms with van der Waals surface area (Å²) in [5.41, 5.74) is 2.38. The molecule has 1 saturated heterocycles. The summed E-state index contributed by atoms with van der Waals surface area (Å²) in [6.45, 7) is 0.830. The maximum atomic E-state index is 12.5. The van der Waals surface area contributed by atoms with Gasteiger partial charge in [0.1, 0.15) is 18.0 Å². The molecule has 0 bridgehead atoms. The fourth-order valence-electron chi connectivity index (χ4n) is 4.45. The lowest BCUT2D eigenvalue weighted by atomic mass is 10.1. The van der Waals surface area contributed by atoms with Crippen LogP contribution in [0.3, 0.4) is 0 Å². The molecule has 1 fully saturated rings. The lowest BCUT2D eigenvalue weighted by molar-refractivity contribution is -0.162. The van der Waals surface area contributed by atoms with E-state index in [0.29, 0.717) is 40.5 Å². The highest BCUT2D eigenvalue weighted by molar-refractivity contribution is 6.01. The van der Waals surface area contributed by atoms with Gasteiger partial charge in [-0.25, -0.2) is 19.7 Å². The van der Waals surface area contributed by atoms with Crippen molar-refractivity contribution in [2.45, 2.75) is 19.1 Å². The maximum absolute atomic E-state index is 12.5. The molecule has 1 aliphatic heterocycles. The molecule has 0 spiro atoms. The molecule has 5 heterocycles. The number of aromatic nitrogens is 5. The van der Waals surface area contributed by atoms with E-state index in [1.54, 1.807) is 35.2 Å². The molecule has 0 aromatic carbocycles. The van der Waals surface area contributed by atoms with Gasteiger partial charge in [-0.1, -0.05) is 6.07 Å². The predicted molar refractivity (Wildman–Crippen MR) is 130 cm³/mol. The van der Waals surface area contributed by atoms with Gasteiger partial charge in [-0.2, -0.15) is 18.4 Å². The van der Waals surface area contributed by atoms with Crippen LogP contribution >= 0.6 is 0 Å². The molecule has 0 unspecified atom stereocenters. The molecule has 0 N–H and O–H groups in total. The first kappa shape index (κ1) is 24.9. The zero-order valence-electron chi connectivity index (χ0n) is 20.1. The number of alkyl halides is 3. The molecule has 194 valence electrons. The Bertz CT molecular complexity index is 1520. The van der Waals surface area contributed by atoms with Crippen LogP contribution in [0.5, 0.6) is 0 Å². The third kappa shape index (κ3) is 4.93. The van der Waals surface area contributed by atoms with Crippen molar-refractivity contribution in [1.82, 2.24) is 29.4 Å². The van der Waals surface area contributed by atoms with Crippen LogP contribution in [0.25, 0.3) is 28.1 Å². The summed E-state index contributed by atoms with van der Waals surface area (Å²) < 4.78 is 43.7. The average Bonchev–Trinajstić information content (AvgIpc) is 3.32. The number of ether oxygens (including phenoxy) is 1. The third-order valence-electron chi connectivity index (χ3n) is 6.14. The Balaban J connectivity index is 1.54. The molecule has 13 heteroatoms. The monoisotopic (exact) mass is 522 g/mol. The first-order valence-corrected chi connectivity index (χ1v) is 11.6. The first-order valence-electron chi connectivity index (χ1n) is 11.6. The van der Waals surface area contributed by atoms with E-state index in [1.807, 2.05) is 30.2 Å². The second-order valence-corrected chi connectivity index (χ2v) is 8.70. The van der Waals surface area contributed by atoms with Gasteiger partial charge in [0.2, 0.25) is 0 Å². The zero-order chi connectivity index (χ0) is 26.9. The van der Waals surface area contributed by atoms with Gasteiger partial charge < -0.3 is 14.5 Å². The standard InChI is InChI=1S/C25H21F3N8O2/c1-16-12-34(24(37)38-14-25(26,27)28)8-9-35(16)22-21-18(19-4-2-3-6-30-19)13-36(23(21)33-15-32-22)20-10-17(11-29)5-7-31-20/h2-7,10,13,15-16H,8-9,12,14H2,1H3/t16-/m0/s1. The summed E-state index contributed by atoms with van der Waals surface area (Å²) in [6.07, 6.45) is 0.870. The molecular formula is C25H21F3N8O2. The second kappa shape index (κ2) is 9.97. The highest BCUT2D eigenvalue weighted by atomic mass is 19.4. The van der Waals surface area contributed by atoms with Gasteiger partial charge in [0.15, 0.2) is 12.3 Å². The first-order chi connectivity index (χ1) is 18.2. The van der Waals surface area contributed by atoms with E-state index in [2.05, 4.69) is 30.7 Å². The molecule has 38 heavy (non-hydrogen) atoms. The van der Waals surface area contributed by atoms with Crippen LogP contribution in [-0.2, 0) is 4.74 Å². The van der Waals surface area contributed by atoms with Crippen LogP contribution in [-0.4, -0.2) is 74.0 Å². The zero-order valence-corrected chi connectivity index (χ0v) is 20.1. The van der Waals surface area contributed by atoms with Crippen molar-refractivity contribution in [3.8, 4) is 23.1 Å². The number of fused-ring (bicyclic) bond motifs is 1. The minimum absolute atomic E-state index is 0.146. The number of hydrogen-bond donors (Lipinski definition) is 0. The molecule has 5 rings (SSSR count). The fourth-order valence-corrected chi connectivity index (χ4v) is 4.45. The number of nitriles is 1. The number of rotatable bonds is 4. The normalized spacial score (nSPS) is 15.9. The average molecular weight is 522 g/mol. The van der Waals surface area contributed by atoms with Crippen molar-refractivity contribution < 1.29 is 22.7 Å². The van der Waals surface area contributed by atoms with E-state index in [4.69, 9.17) is 0 Å². The molecule has 4 aromatic heterocycles. The highest BCUT2D eigenvalue weighted by Gasteiger charge is 2.34. The molecule has 0 radical (unpaired) electrons. The van der Waals surface area contributed by atoms with Gasteiger partial charge in [-0.15, -0.1) is 0 Å². The molecule has 0 aliphatic carbocycles. The van der Waals surface area contributed by atoms with E-state index >= 15 is 0 Å². The summed E-state index contributed by atoms with van der Waals surface area (Å²) in [7, 11) is 0. The van der Waals surface area contributed by atoms with Crippen LogP contribution in [0.2, 0.25) is 0 Å². The molecular weight excluding hydrogens is 501 g/mol. The minimum Gasteiger partial charge on any atom is -0.440 e. The van der Waals surface area contributed by atoms with Crippen molar-refractivity contribution >= 4 is 22.9 Å². The largest absolute Gasteiger partial charge is 0.440 e. The Kier molecular flexibility index (Phi) is 6.54. The van der Waals surface area contributed by atoms with Gasteiger partial charge in [0.05, 0.1) is 22.7 Å². The fraction of sp³-hybridized carbons (Fsp3) is 0.280. The Labute approximate surface area is 214 Å². The van der Waals surface area contributed by atoms with Crippen molar-refractivity contribution in [2.24, 2.45) is 0 Å². The summed E-state index contributed by atoms with van der Waals surface area (Å²) in [5.74, 6) is 1.08. The maximum Gasteiger partial charge on any atom is 0.422 e. The number of pyridine rings is 2. The molecule has 1 aliphatic rings. The minimum atomic E-state index is -4.59. The number of piperazine rings is 1. The van der Waals surface area contributed by atoms with Crippen molar-refractivity contribution in [1.29, 1.82) is 5.26 Å². The number of anilines is 1. The summed E-state index contributed by atoms with van der Waals surface area (Å²) in [4.78, 5) is 33.4. The van der Waals surface area contributed by atoms with Gasteiger partial charge in [0, 0.05) is 49.8 Å². The van der Waals surface area contributed by atoms with E-state index in [-0.39, 0.29) is 19.1 Å². The summed E-state index contributed by atoms with van der Waals surface area (Å²) in [5, 5.41) is 10.1. The van der Waals surface area contributed by atoms with E-state index in [0.717, 1.165) is 5.56 Å². The quantitative estimate of drug-likeness (QED) is 0.396. The molecule has 1 atom stereocenters. The smallest absolute Gasteiger partial charge is 0.422 e. The Morgan fingerprint density at radius 1 is 1.16 bits per heavy atom. The number of carbonyl (C=O) groups excluding carboxylic acids is 1. The summed E-state index contributed by atoms with van der Waals surface area (Å²) >= 11 is 0. The van der Waals surface area contributed by atoms with Gasteiger partial charge in [-0.05, 0) is 31.2 Å². The number of hydrogen-bond acceptors (Lipinski definition) is 8. The SMILES string of the molecule is C[C@H]1CN(C(=O)OCC(F)(F)F)CCN1c1ncnc2c1c(-c1ccccn1)cn2-c1cc(C#N)ccn1. The van der Waals surface area contributed by atoms with Crippen molar-refractivity contribution in [2.75, 3.05) is 31.1 Å². The molecule has 1 amide bonds. The lowest BCUT2D eigenvalue weighted by Gasteiger charge is -2.40. The molecule has 0 saturated carbocycles. The van der Waals surface area contributed by atoms with E-state index < -0.39 is 18.9 Å². The van der Waals surface area contributed by atoms with Crippen molar-refractivity contribution in [3.05, 3.63) is 60.8 Å². The molecule has 10 nitrogen and oxygen atoms in total. The van der Waals surface area contributed by atoms with Crippen LogP contribution in [0, 0.1) is 11.3 Å². The third-order valence-corrected chi connectivity index (χ3v) is 6.14. The Hall–Kier alpha value is -4.73. The highest BCUT2D eigenvalue weighted by Crippen LogP contribution is 2.37. The molecule has 4 aromatic rings. The summed E-state index contributed by atoms with van der Waals surface area (Å²) in [6, 6.07) is 10.6. The second-order valence-electron chi connectivity index (χ2n) is 8.70. The van der Waals surface area contributed by atoms with Gasteiger partial charge >= 0.3 is 12.3 Å².